The molecule has 1 N–H and O–H groups in total. The topological polar surface area (TPSA) is 87.2 Å². The van der Waals surface area contributed by atoms with Crippen molar-refractivity contribution in [3.05, 3.63) is 108 Å². The van der Waals surface area contributed by atoms with E-state index in [1.807, 2.05) is 91.0 Å². The zero-order valence-corrected chi connectivity index (χ0v) is 20.6. The van der Waals surface area contributed by atoms with Gasteiger partial charge in [0.05, 0.1) is 18.0 Å². The number of carboxylic acids is 1. The van der Waals surface area contributed by atoms with Gasteiger partial charge in [-0.05, 0) is 36.5 Å². The molecule has 190 valence electrons. The number of carbonyl (C=O) groups excluding carboxylic acids is 2. The van der Waals surface area contributed by atoms with Crippen LogP contribution in [0.1, 0.15) is 48.5 Å². The first-order valence-electron chi connectivity index (χ1n) is 12.6. The molecule has 5 rings (SSSR count). The molecule has 0 aromatic heterocycles. The average molecular weight is 499 g/mol. The standard InChI is InChI=1S/C30H30N2O5/c1-20(21-11-5-2-6-12-21)37-30(36)32-24-17-18-25(32)27(29(34)35)31(19-24)28(33)26(22-13-7-3-8-14-22)23-15-9-4-10-16-23/h2-16,20,24-27H,17-19H2,1H3,(H,34,35)/t20?,24-,25+,27-/m0/s1. The Morgan fingerprint density at radius 1 is 0.811 bits per heavy atom. The number of fused-ring (bicyclic) bond motifs is 2. The number of rotatable bonds is 6. The third-order valence-electron chi connectivity index (χ3n) is 7.46. The molecule has 2 saturated heterocycles. The maximum Gasteiger partial charge on any atom is 0.411 e. The third kappa shape index (κ3) is 4.81. The Balaban J connectivity index is 1.42. The maximum absolute atomic E-state index is 14.1. The molecule has 4 atom stereocenters. The van der Waals surface area contributed by atoms with Crippen LogP contribution >= 0.6 is 0 Å². The van der Waals surface area contributed by atoms with Crippen LogP contribution < -0.4 is 0 Å². The average Bonchev–Trinajstić information content (AvgIpc) is 3.23. The molecule has 2 amide bonds. The number of benzene rings is 3. The van der Waals surface area contributed by atoms with E-state index in [1.165, 1.54) is 4.90 Å². The predicted octanol–water partition coefficient (Wildman–Crippen LogP) is 4.84. The fourth-order valence-electron chi connectivity index (χ4n) is 5.70. The first kappa shape index (κ1) is 24.6. The van der Waals surface area contributed by atoms with Crippen molar-refractivity contribution in [1.29, 1.82) is 0 Å². The Labute approximate surface area is 216 Å². The van der Waals surface area contributed by atoms with Crippen LogP contribution in [0.3, 0.4) is 0 Å². The van der Waals surface area contributed by atoms with Crippen molar-refractivity contribution < 1.29 is 24.2 Å². The lowest BCUT2D eigenvalue weighted by Crippen LogP contribution is -2.65. The third-order valence-corrected chi connectivity index (χ3v) is 7.46. The van der Waals surface area contributed by atoms with Gasteiger partial charge >= 0.3 is 12.1 Å². The predicted molar refractivity (Wildman–Crippen MR) is 138 cm³/mol. The molecular formula is C30H30N2O5. The number of carboxylic acid groups (broad SMARTS) is 1. The van der Waals surface area contributed by atoms with Gasteiger partial charge in [0.15, 0.2) is 0 Å². The molecule has 2 heterocycles. The van der Waals surface area contributed by atoms with E-state index in [4.69, 9.17) is 4.74 Å². The number of ether oxygens (including phenoxy) is 1. The minimum atomic E-state index is -1.15. The number of nitrogens with zero attached hydrogens (tertiary/aromatic N) is 2. The van der Waals surface area contributed by atoms with Gasteiger partial charge in [0.2, 0.25) is 5.91 Å². The van der Waals surface area contributed by atoms with Gasteiger partial charge in [-0.1, -0.05) is 91.0 Å². The molecule has 3 aromatic rings. The monoisotopic (exact) mass is 498 g/mol. The van der Waals surface area contributed by atoms with Crippen LogP contribution in [0, 0.1) is 0 Å². The van der Waals surface area contributed by atoms with Crippen LogP contribution in [-0.4, -0.2) is 57.5 Å². The molecule has 1 unspecified atom stereocenters. The molecule has 2 bridgehead atoms. The van der Waals surface area contributed by atoms with Crippen molar-refractivity contribution in [2.45, 2.75) is 49.9 Å². The Hall–Kier alpha value is -4.13. The summed E-state index contributed by atoms with van der Waals surface area (Å²) in [6, 6.07) is 26.1. The van der Waals surface area contributed by atoms with Crippen molar-refractivity contribution in [2.75, 3.05) is 6.54 Å². The van der Waals surface area contributed by atoms with Crippen LogP contribution in [-0.2, 0) is 14.3 Å². The summed E-state index contributed by atoms with van der Waals surface area (Å²) in [4.78, 5) is 43.0. The van der Waals surface area contributed by atoms with Crippen LogP contribution in [0.5, 0.6) is 0 Å². The van der Waals surface area contributed by atoms with Gasteiger partial charge in [-0.15, -0.1) is 0 Å². The summed E-state index contributed by atoms with van der Waals surface area (Å²) in [5.74, 6) is -2.03. The summed E-state index contributed by atoms with van der Waals surface area (Å²) in [6.45, 7) is 1.95. The van der Waals surface area contributed by atoms with Crippen LogP contribution in [0.4, 0.5) is 4.79 Å². The molecule has 3 aromatic carbocycles. The lowest BCUT2D eigenvalue weighted by atomic mass is 9.88. The zero-order valence-electron chi connectivity index (χ0n) is 20.6. The summed E-state index contributed by atoms with van der Waals surface area (Å²) in [7, 11) is 0. The molecular weight excluding hydrogens is 468 g/mol. The van der Waals surface area contributed by atoms with E-state index in [-0.39, 0.29) is 18.5 Å². The lowest BCUT2D eigenvalue weighted by Gasteiger charge is -2.45. The van der Waals surface area contributed by atoms with E-state index in [1.54, 1.807) is 11.8 Å². The molecule has 0 spiro atoms. The summed E-state index contributed by atoms with van der Waals surface area (Å²) < 4.78 is 5.76. The van der Waals surface area contributed by atoms with Crippen molar-refractivity contribution in [1.82, 2.24) is 9.80 Å². The van der Waals surface area contributed by atoms with Gasteiger partial charge in [-0.25, -0.2) is 9.59 Å². The van der Waals surface area contributed by atoms with E-state index >= 15 is 0 Å². The van der Waals surface area contributed by atoms with Crippen LogP contribution in [0.25, 0.3) is 0 Å². The second kappa shape index (κ2) is 10.5. The summed E-state index contributed by atoms with van der Waals surface area (Å²) in [5, 5.41) is 10.3. The highest BCUT2D eigenvalue weighted by atomic mass is 16.6. The number of hydrogen-bond donors (Lipinski definition) is 1. The fourth-order valence-corrected chi connectivity index (χ4v) is 5.70. The normalized spacial score (nSPS) is 21.5. The Morgan fingerprint density at radius 3 is 1.84 bits per heavy atom. The van der Waals surface area contributed by atoms with Gasteiger partial charge in [0.1, 0.15) is 12.1 Å². The van der Waals surface area contributed by atoms with Crippen molar-refractivity contribution in [2.24, 2.45) is 0 Å². The highest BCUT2D eigenvalue weighted by molar-refractivity contribution is 5.92. The molecule has 0 saturated carbocycles. The molecule has 0 aliphatic carbocycles. The number of piperazine rings is 1. The van der Waals surface area contributed by atoms with Gasteiger partial charge in [-0.2, -0.15) is 0 Å². The Morgan fingerprint density at radius 2 is 1.32 bits per heavy atom. The molecule has 2 fully saturated rings. The highest BCUT2D eigenvalue weighted by Gasteiger charge is 2.54. The maximum atomic E-state index is 14.1. The van der Waals surface area contributed by atoms with Gasteiger partial charge < -0.3 is 14.7 Å². The quantitative estimate of drug-likeness (QED) is 0.525. The van der Waals surface area contributed by atoms with Crippen molar-refractivity contribution in [3.63, 3.8) is 0 Å². The number of likely N-dealkylation sites (tertiary alicyclic amines) is 1. The number of carbonyl (C=O) groups is 3. The first-order chi connectivity index (χ1) is 18.0. The van der Waals surface area contributed by atoms with E-state index in [0.717, 1.165) is 16.7 Å². The van der Waals surface area contributed by atoms with Gasteiger partial charge in [-0.3, -0.25) is 9.69 Å². The lowest BCUT2D eigenvalue weighted by molar-refractivity contribution is -0.157. The summed E-state index contributed by atoms with van der Waals surface area (Å²) in [6.07, 6.45) is 0.108. The summed E-state index contributed by atoms with van der Waals surface area (Å²) >= 11 is 0. The highest BCUT2D eigenvalue weighted by Crippen LogP contribution is 2.38. The number of amides is 2. The fraction of sp³-hybridized carbons (Fsp3) is 0.300. The molecule has 7 heteroatoms. The van der Waals surface area contributed by atoms with Crippen molar-refractivity contribution in [3.8, 4) is 0 Å². The van der Waals surface area contributed by atoms with E-state index < -0.39 is 36.2 Å². The van der Waals surface area contributed by atoms with Gasteiger partial charge in [0, 0.05) is 6.54 Å². The molecule has 7 nitrogen and oxygen atoms in total. The van der Waals surface area contributed by atoms with Crippen LogP contribution in [0.15, 0.2) is 91.0 Å². The van der Waals surface area contributed by atoms with Gasteiger partial charge in [0.25, 0.3) is 0 Å². The van der Waals surface area contributed by atoms with Crippen LogP contribution in [0.2, 0.25) is 0 Å². The molecule has 2 aliphatic rings. The number of hydrogen-bond acceptors (Lipinski definition) is 4. The second-order valence-electron chi connectivity index (χ2n) is 9.67. The minimum absolute atomic E-state index is 0.150. The molecule has 0 radical (unpaired) electrons. The Bertz CT molecular complexity index is 1210. The largest absolute Gasteiger partial charge is 0.480 e. The second-order valence-corrected chi connectivity index (χ2v) is 9.67. The first-order valence-corrected chi connectivity index (χ1v) is 12.6. The van der Waals surface area contributed by atoms with E-state index in [0.29, 0.717) is 12.8 Å². The smallest absolute Gasteiger partial charge is 0.411 e. The van der Waals surface area contributed by atoms with E-state index in [9.17, 15) is 19.5 Å². The molecule has 2 aliphatic heterocycles. The molecule has 37 heavy (non-hydrogen) atoms. The summed E-state index contributed by atoms with van der Waals surface area (Å²) in [5.41, 5.74) is 2.46. The van der Waals surface area contributed by atoms with E-state index in [2.05, 4.69) is 0 Å². The minimum Gasteiger partial charge on any atom is -0.480 e. The zero-order chi connectivity index (χ0) is 25.9. The van der Waals surface area contributed by atoms with Crippen molar-refractivity contribution >= 4 is 18.0 Å². The Kier molecular flexibility index (Phi) is 6.95. The SMILES string of the molecule is CC(OC(=O)N1[C@H]2CC[C@@H]1[C@@H](C(=O)O)N(C(=O)C(c1ccccc1)c1ccccc1)C2)c1ccccc1. The number of aliphatic carboxylic acids is 1.